The lowest BCUT2D eigenvalue weighted by Gasteiger charge is -2.33. The van der Waals surface area contributed by atoms with Crippen LogP contribution in [0, 0.1) is 11.6 Å². The first-order valence-corrected chi connectivity index (χ1v) is 11.0. The Labute approximate surface area is 190 Å². The zero-order chi connectivity index (χ0) is 22.9. The summed E-state index contributed by atoms with van der Waals surface area (Å²) in [5.74, 6) is -1.03. The summed E-state index contributed by atoms with van der Waals surface area (Å²) in [6.45, 7) is 1.30. The number of benzene rings is 1. The predicted octanol–water partition coefficient (Wildman–Crippen LogP) is 4.11. The number of amides is 1. The molecule has 9 nitrogen and oxygen atoms in total. The molecule has 33 heavy (non-hydrogen) atoms. The van der Waals surface area contributed by atoms with Crippen LogP contribution in [0.4, 0.5) is 30.2 Å². The van der Waals surface area contributed by atoms with Gasteiger partial charge < -0.3 is 20.6 Å². The van der Waals surface area contributed by atoms with E-state index in [9.17, 15) is 13.6 Å². The summed E-state index contributed by atoms with van der Waals surface area (Å²) in [6.07, 6.45) is 3.84. The molecule has 3 N–H and O–H groups in total. The Morgan fingerprint density at radius 2 is 2.00 bits per heavy atom. The third kappa shape index (κ3) is 4.16. The third-order valence-electron chi connectivity index (χ3n) is 5.44. The molecule has 0 unspecified atom stereocenters. The number of carboxylic acid groups (broad SMARTS) is 1. The van der Waals surface area contributed by atoms with Gasteiger partial charge in [-0.3, -0.25) is 0 Å². The van der Waals surface area contributed by atoms with Crippen molar-refractivity contribution in [2.75, 3.05) is 23.3 Å². The summed E-state index contributed by atoms with van der Waals surface area (Å²) in [7, 11) is 0. The predicted molar refractivity (Wildman–Crippen MR) is 120 cm³/mol. The van der Waals surface area contributed by atoms with Gasteiger partial charge in [-0.05, 0) is 48.6 Å². The van der Waals surface area contributed by atoms with Gasteiger partial charge in [-0.1, -0.05) is 6.07 Å². The highest BCUT2D eigenvalue weighted by atomic mass is 32.1. The van der Waals surface area contributed by atoms with Gasteiger partial charge >= 0.3 is 6.09 Å². The fourth-order valence-electron chi connectivity index (χ4n) is 3.97. The standard InChI is InChI=1S/C21H19F2N7O2S/c22-14-4-1-5-15(23)18(14)16-7-6-13-9-24-20(30(13)28-16)27-17-10-25-33-19(17)29-8-2-3-12(11-29)26-21(31)32/h1,4-7,9-10,12,26H,2-3,8,11H2,(H,24,27)(H,31,32)/t12-/m0/s1. The second-order valence-electron chi connectivity index (χ2n) is 7.64. The number of nitrogens with zero attached hydrogens (tertiary/aromatic N) is 5. The lowest BCUT2D eigenvalue weighted by atomic mass is 10.1. The molecule has 170 valence electrons. The molecule has 5 rings (SSSR count). The maximum atomic E-state index is 14.3. The van der Waals surface area contributed by atoms with E-state index in [0.29, 0.717) is 23.7 Å². The Balaban J connectivity index is 1.44. The number of piperidine rings is 1. The number of anilines is 3. The maximum absolute atomic E-state index is 14.3. The van der Waals surface area contributed by atoms with Gasteiger partial charge in [-0.15, -0.1) is 0 Å². The molecule has 0 spiro atoms. The number of fused-ring (bicyclic) bond motifs is 1. The van der Waals surface area contributed by atoms with E-state index in [-0.39, 0.29) is 17.3 Å². The van der Waals surface area contributed by atoms with Crippen LogP contribution in [0.3, 0.4) is 0 Å². The summed E-state index contributed by atoms with van der Waals surface area (Å²) in [5.41, 5.74) is 1.27. The van der Waals surface area contributed by atoms with Crippen molar-refractivity contribution < 1.29 is 18.7 Å². The summed E-state index contributed by atoms with van der Waals surface area (Å²) in [6, 6.07) is 6.74. The number of imidazole rings is 1. The van der Waals surface area contributed by atoms with E-state index < -0.39 is 17.7 Å². The molecule has 1 aliphatic rings. The molecule has 1 atom stereocenters. The molecule has 1 fully saturated rings. The van der Waals surface area contributed by atoms with Crippen molar-refractivity contribution in [3.8, 4) is 11.3 Å². The summed E-state index contributed by atoms with van der Waals surface area (Å²) >= 11 is 1.29. The summed E-state index contributed by atoms with van der Waals surface area (Å²) < 4.78 is 34.3. The largest absolute Gasteiger partial charge is 0.465 e. The molecule has 3 aromatic heterocycles. The second-order valence-corrected chi connectivity index (χ2v) is 8.42. The fourth-order valence-corrected chi connectivity index (χ4v) is 4.71. The number of rotatable bonds is 5. The monoisotopic (exact) mass is 471 g/mol. The van der Waals surface area contributed by atoms with Crippen molar-refractivity contribution in [1.29, 1.82) is 0 Å². The molecule has 4 heterocycles. The fraction of sp³-hybridized carbons (Fsp3) is 0.238. The molecular formula is C21H19F2N7O2S. The minimum absolute atomic E-state index is 0.140. The van der Waals surface area contributed by atoms with Gasteiger partial charge in [0.05, 0.1) is 34.9 Å². The van der Waals surface area contributed by atoms with Crippen molar-refractivity contribution in [2.45, 2.75) is 18.9 Å². The molecule has 1 amide bonds. The first kappa shape index (κ1) is 21.1. The average molecular weight is 471 g/mol. The minimum atomic E-state index is -1.04. The minimum Gasteiger partial charge on any atom is -0.465 e. The first-order valence-electron chi connectivity index (χ1n) is 10.2. The van der Waals surface area contributed by atoms with Crippen molar-refractivity contribution in [1.82, 2.24) is 24.3 Å². The quantitative estimate of drug-likeness (QED) is 0.402. The Hall–Kier alpha value is -3.80. The summed E-state index contributed by atoms with van der Waals surface area (Å²) in [4.78, 5) is 17.5. The van der Waals surface area contributed by atoms with E-state index in [0.717, 1.165) is 24.4 Å². The van der Waals surface area contributed by atoms with Crippen LogP contribution in [-0.4, -0.2) is 49.3 Å². The number of halogens is 2. The molecule has 1 saturated heterocycles. The highest BCUT2D eigenvalue weighted by Crippen LogP contribution is 2.34. The molecule has 12 heteroatoms. The number of nitrogens with one attached hydrogen (secondary N) is 2. The summed E-state index contributed by atoms with van der Waals surface area (Å²) in [5, 5.41) is 20.0. The van der Waals surface area contributed by atoms with Crippen molar-refractivity contribution in [3.63, 3.8) is 0 Å². The van der Waals surface area contributed by atoms with E-state index in [1.54, 1.807) is 24.5 Å². The lowest BCUT2D eigenvalue weighted by Crippen LogP contribution is -2.47. The van der Waals surface area contributed by atoms with Gasteiger partial charge in [-0.25, -0.2) is 18.6 Å². The lowest BCUT2D eigenvalue weighted by molar-refractivity contribution is 0.188. The van der Waals surface area contributed by atoms with Crippen LogP contribution < -0.4 is 15.5 Å². The Kier molecular flexibility index (Phi) is 5.50. The van der Waals surface area contributed by atoms with E-state index in [4.69, 9.17) is 5.11 Å². The van der Waals surface area contributed by atoms with Gasteiger partial charge in [0.25, 0.3) is 0 Å². The molecule has 0 aliphatic carbocycles. The third-order valence-corrected chi connectivity index (χ3v) is 6.30. The Bertz CT molecular complexity index is 1300. The van der Waals surface area contributed by atoms with Gasteiger partial charge in [0.1, 0.15) is 16.6 Å². The molecule has 4 aromatic rings. The SMILES string of the molecule is O=C(O)N[C@H]1CCCN(c2sncc2Nc2ncc3ccc(-c4c(F)cccc4F)nn23)C1. The molecule has 0 saturated carbocycles. The first-order chi connectivity index (χ1) is 16.0. The van der Waals surface area contributed by atoms with Crippen LogP contribution in [0.25, 0.3) is 16.8 Å². The van der Waals surface area contributed by atoms with E-state index in [1.807, 2.05) is 0 Å². The Morgan fingerprint density at radius 3 is 2.79 bits per heavy atom. The number of hydrogen-bond donors (Lipinski definition) is 3. The topological polar surface area (TPSA) is 108 Å². The van der Waals surface area contributed by atoms with Crippen molar-refractivity contribution >= 4 is 39.8 Å². The van der Waals surface area contributed by atoms with Gasteiger partial charge in [0, 0.05) is 19.1 Å². The average Bonchev–Trinajstić information content (AvgIpc) is 3.41. The number of aromatic nitrogens is 4. The van der Waals surface area contributed by atoms with E-state index >= 15 is 0 Å². The van der Waals surface area contributed by atoms with Crippen molar-refractivity contribution in [3.05, 3.63) is 54.4 Å². The molecule has 1 aliphatic heterocycles. The van der Waals surface area contributed by atoms with Crippen LogP contribution >= 0.6 is 11.5 Å². The van der Waals surface area contributed by atoms with Gasteiger partial charge in [0.15, 0.2) is 0 Å². The Morgan fingerprint density at radius 1 is 1.18 bits per heavy atom. The van der Waals surface area contributed by atoms with Crippen LogP contribution in [0.2, 0.25) is 0 Å². The van der Waals surface area contributed by atoms with Crippen LogP contribution in [0.5, 0.6) is 0 Å². The smallest absolute Gasteiger partial charge is 0.404 e. The van der Waals surface area contributed by atoms with Gasteiger partial charge in [-0.2, -0.15) is 14.0 Å². The number of carbonyl (C=O) groups is 1. The van der Waals surface area contributed by atoms with Crippen LogP contribution in [0.1, 0.15) is 12.8 Å². The van der Waals surface area contributed by atoms with Gasteiger partial charge in [0.2, 0.25) is 5.95 Å². The van der Waals surface area contributed by atoms with Crippen molar-refractivity contribution in [2.24, 2.45) is 0 Å². The molecule has 0 bridgehead atoms. The zero-order valence-corrected chi connectivity index (χ0v) is 18.0. The maximum Gasteiger partial charge on any atom is 0.404 e. The van der Waals surface area contributed by atoms with E-state index in [2.05, 4.69) is 30.0 Å². The molecular weight excluding hydrogens is 452 g/mol. The van der Waals surface area contributed by atoms with E-state index in [1.165, 1.54) is 34.2 Å². The van der Waals surface area contributed by atoms with Crippen LogP contribution in [-0.2, 0) is 0 Å². The highest BCUT2D eigenvalue weighted by Gasteiger charge is 2.25. The molecule has 1 aromatic carbocycles. The zero-order valence-electron chi connectivity index (χ0n) is 17.2. The second kappa shape index (κ2) is 8.62. The highest BCUT2D eigenvalue weighted by molar-refractivity contribution is 7.10. The van der Waals surface area contributed by atoms with Crippen LogP contribution in [0.15, 0.2) is 42.7 Å². The molecule has 0 radical (unpaired) electrons. The number of hydrogen-bond acceptors (Lipinski definition) is 7. The normalized spacial score (nSPS) is 16.2.